The maximum Gasteiger partial charge on any atom is 0.315 e. The van der Waals surface area contributed by atoms with Gasteiger partial charge in [0.15, 0.2) is 0 Å². The molecule has 3 atom stereocenters. The number of nitrogens with zero attached hydrogens (tertiary/aromatic N) is 4. The second kappa shape index (κ2) is 7.33. The largest absolute Gasteiger partial charge is 0.530 e. The van der Waals surface area contributed by atoms with Gasteiger partial charge in [-0.2, -0.15) is 4.98 Å². The Hall–Kier alpha value is -2.78. The molecule has 0 saturated heterocycles. The van der Waals surface area contributed by atoms with Gasteiger partial charge in [-0.15, -0.1) is 0 Å². The van der Waals surface area contributed by atoms with E-state index in [9.17, 15) is 14.7 Å². The smallest absolute Gasteiger partial charge is 0.315 e. The van der Waals surface area contributed by atoms with Crippen LogP contribution in [0.4, 0.5) is 10.5 Å². The highest BCUT2D eigenvalue weighted by Crippen LogP contribution is 2.45. The van der Waals surface area contributed by atoms with Gasteiger partial charge in [0.1, 0.15) is 11.8 Å². The third kappa shape index (κ3) is 3.06. The maximum absolute atomic E-state index is 12.5. The number of carbonyl (C=O) groups excluding carboxylic acids is 2. The average Bonchev–Trinajstić information content (AvgIpc) is 3.14. The predicted octanol–water partition coefficient (Wildman–Crippen LogP) is 1.18. The van der Waals surface area contributed by atoms with Crippen molar-refractivity contribution in [3.05, 3.63) is 29.7 Å². The molecule has 0 spiro atoms. The summed E-state index contributed by atoms with van der Waals surface area (Å²) < 4.78 is 5.18. The summed E-state index contributed by atoms with van der Waals surface area (Å²) in [6.45, 7) is 5.70. The number of rotatable bonds is 4. The summed E-state index contributed by atoms with van der Waals surface area (Å²) in [6, 6.07) is 4.97. The topological polar surface area (TPSA) is 125 Å². The molecule has 2 aromatic rings. The zero-order valence-electron chi connectivity index (χ0n) is 16.5. The lowest BCUT2D eigenvalue weighted by molar-refractivity contribution is -0.268. The van der Waals surface area contributed by atoms with Crippen molar-refractivity contribution < 1.29 is 19.2 Å². The summed E-state index contributed by atoms with van der Waals surface area (Å²) in [5.74, 6) is 0.669. The number of aromatic nitrogens is 2. The molecular formula is C19H25N5O4. The van der Waals surface area contributed by atoms with Crippen LogP contribution in [0.2, 0.25) is 0 Å². The van der Waals surface area contributed by atoms with E-state index in [4.69, 9.17) is 10.3 Å². The van der Waals surface area contributed by atoms with Crippen molar-refractivity contribution in [3.63, 3.8) is 0 Å². The normalized spacial score (nSPS) is 23.9. The minimum absolute atomic E-state index is 0.0126. The van der Waals surface area contributed by atoms with E-state index in [0.717, 1.165) is 11.3 Å². The number of fused-ring (bicyclic) bond motifs is 1. The fourth-order valence-corrected chi connectivity index (χ4v) is 3.99. The van der Waals surface area contributed by atoms with Gasteiger partial charge in [-0.25, -0.2) is 9.28 Å². The molecule has 1 unspecified atom stereocenters. The van der Waals surface area contributed by atoms with Crippen LogP contribution in [0.1, 0.15) is 44.7 Å². The number of hydrogen-bond acceptors (Lipinski definition) is 7. The van der Waals surface area contributed by atoms with E-state index in [-0.39, 0.29) is 29.5 Å². The number of hydrogen-bond donors (Lipinski definition) is 1. The lowest BCUT2D eigenvalue weighted by Gasteiger charge is -2.46. The SMILES string of the molecule is CCN(C(=O)[O-])[C@@H]1C[C@H](C)[N+](C)(C(C)=O)c2ccc(-c3noc(CN)n3)cc21. The number of nitrogens with two attached hydrogens (primary N) is 1. The van der Waals surface area contributed by atoms with E-state index in [0.29, 0.717) is 23.7 Å². The first-order valence-electron chi connectivity index (χ1n) is 9.26. The number of carboxylic acid groups (broad SMARTS) is 1. The molecule has 9 nitrogen and oxygen atoms in total. The molecule has 28 heavy (non-hydrogen) atoms. The first-order chi connectivity index (χ1) is 13.2. The van der Waals surface area contributed by atoms with Gasteiger partial charge < -0.3 is 25.1 Å². The average molecular weight is 387 g/mol. The number of amides is 2. The van der Waals surface area contributed by atoms with Crippen molar-refractivity contribution in [1.82, 2.24) is 19.5 Å². The molecule has 3 rings (SSSR count). The van der Waals surface area contributed by atoms with E-state index in [1.807, 2.05) is 32.2 Å². The summed E-state index contributed by atoms with van der Waals surface area (Å²) in [5.41, 5.74) is 7.72. The van der Waals surface area contributed by atoms with Gasteiger partial charge in [0.2, 0.25) is 11.7 Å². The summed E-state index contributed by atoms with van der Waals surface area (Å²) >= 11 is 0. The van der Waals surface area contributed by atoms with Gasteiger partial charge in [-0.3, -0.25) is 0 Å². The summed E-state index contributed by atoms with van der Waals surface area (Å²) in [6.07, 6.45) is -0.741. The first kappa shape index (κ1) is 20.0. The molecule has 1 aliphatic heterocycles. The Bertz CT molecular complexity index is 911. The van der Waals surface area contributed by atoms with Crippen molar-refractivity contribution in [2.75, 3.05) is 13.6 Å². The standard InChI is InChI=1S/C19H25N5O4/c1-5-23(19(26)27)15-8-11(2)24(4,12(3)25)16-7-6-13(9-14(15)16)18-21-17(10-20)28-22-18/h6-7,9,11,15H,5,8,10,20H2,1-4H3/t11-,15+,24?/m0/s1. The van der Waals surface area contributed by atoms with Crippen LogP contribution in [-0.2, 0) is 11.3 Å². The third-order valence-electron chi connectivity index (χ3n) is 5.84. The van der Waals surface area contributed by atoms with E-state index in [1.54, 1.807) is 13.8 Å². The molecule has 2 heterocycles. The van der Waals surface area contributed by atoms with Crippen molar-refractivity contribution in [1.29, 1.82) is 0 Å². The van der Waals surface area contributed by atoms with Crippen LogP contribution >= 0.6 is 0 Å². The Morgan fingerprint density at radius 3 is 2.68 bits per heavy atom. The predicted molar refractivity (Wildman–Crippen MR) is 101 cm³/mol. The molecular weight excluding hydrogens is 362 g/mol. The Labute approximate surface area is 163 Å². The van der Waals surface area contributed by atoms with Crippen LogP contribution < -0.4 is 15.3 Å². The van der Waals surface area contributed by atoms with Crippen LogP contribution in [0, 0.1) is 0 Å². The molecule has 0 radical (unpaired) electrons. The van der Waals surface area contributed by atoms with Crippen molar-refractivity contribution in [3.8, 4) is 11.4 Å². The molecule has 0 fully saturated rings. The highest BCUT2D eigenvalue weighted by Gasteiger charge is 2.47. The minimum Gasteiger partial charge on any atom is -0.530 e. The first-order valence-corrected chi connectivity index (χ1v) is 9.26. The van der Waals surface area contributed by atoms with Crippen LogP contribution in [0.25, 0.3) is 11.4 Å². The monoisotopic (exact) mass is 387 g/mol. The van der Waals surface area contributed by atoms with Gasteiger partial charge >= 0.3 is 5.91 Å². The van der Waals surface area contributed by atoms with Crippen LogP contribution in [0.3, 0.4) is 0 Å². The molecule has 1 aromatic carbocycles. The molecule has 1 aromatic heterocycles. The van der Waals surface area contributed by atoms with E-state index < -0.39 is 12.1 Å². The Balaban J connectivity index is 2.20. The van der Waals surface area contributed by atoms with Crippen LogP contribution in [0.15, 0.2) is 22.7 Å². The fourth-order valence-electron chi connectivity index (χ4n) is 3.99. The second-order valence-electron chi connectivity index (χ2n) is 7.24. The maximum atomic E-state index is 12.5. The summed E-state index contributed by atoms with van der Waals surface area (Å²) in [5, 5.41) is 15.7. The van der Waals surface area contributed by atoms with Gasteiger partial charge in [0.25, 0.3) is 0 Å². The van der Waals surface area contributed by atoms with Crippen LogP contribution in [0.5, 0.6) is 0 Å². The highest BCUT2D eigenvalue weighted by atomic mass is 16.5. The lowest BCUT2D eigenvalue weighted by atomic mass is 9.87. The molecule has 1 aliphatic rings. The fraction of sp³-hybridized carbons (Fsp3) is 0.474. The molecule has 150 valence electrons. The molecule has 2 amide bonds. The number of quaternary nitrogens is 1. The van der Waals surface area contributed by atoms with Crippen molar-refractivity contribution in [2.24, 2.45) is 5.73 Å². The summed E-state index contributed by atoms with van der Waals surface area (Å²) in [7, 11) is 1.86. The second-order valence-corrected chi connectivity index (χ2v) is 7.24. The minimum atomic E-state index is -1.24. The molecule has 0 bridgehead atoms. The zero-order chi connectivity index (χ0) is 20.6. The van der Waals surface area contributed by atoms with E-state index in [1.165, 1.54) is 4.90 Å². The van der Waals surface area contributed by atoms with Crippen LogP contribution in [-0.4, -0.2) is 46.7 Å². The lowest BCUT2D eigenvalue weighted by Crippen LogP contribution is -2.60. The van der Waals surface area contributed by atoms with E-state index >= 15 is 0 Å². The molecule has 9 heteroatoms. The Morgan fingerprint density at radius 2 is 2.14 bits per heavy atom. The number of benzene rings is 1. The quantitative estimate of drug-likeness (QED) is 0.781. The van der Waals surface area contributed by atoms with Crippen molar-refractivity contribution >= 4 is 17.7 Å². The Morgan fingerprint density at radius 1 is 1.43 bits per heavy atom. The van der Waals surface area contributed by atoms with Gasteiger partial charge in [0, 0.05) is 30.2 Å². The molecule has 0 aliphatic carbocycles. The van der Waals surface area contributed by atoms with Gasteiger partial charge in [-0.05, 0) is 26.0 Å². The van der Waals surface area contributed by atoms with Gasteiger partial charge in [-0.1, -0.05) is 5.16 Å². The summed E-state index contributed by atoms with van der Waals surface area (Å²) in [4.78, 5) is 29.8. The Kier molecular flexibility index (Phi) is 5.22. The molecule has 2 N–H and O–H groups in total. The third-order valence-corrected chi connectivity index (χ3v) is 5.84. The highest BCUT2D eigenvalue weighted by molar-refractivity contribution is 5.89. The molecule has 0 saturated carbocycles. The van der Waals surface area contributed by atoms with Gasteiger partial charge in [0.05, 0.1) is 32.6 Å². The number of carbonyl (C=O) groups is 2. The van der Waals surface area contributed by atoms with Crippen molar-refractivity contribution in [2.45, 2.75) is 45.8 Å². The zero-order valence-corrected chi connectivity index (χ0v) is 16.5. The van der Waals surface area contributed by atoms with E-state index in [2.05, 4.69) is 10.1 Å².